The third kappa shape index (κ3) is 5.40. The summed E-state index contributed by atoms with van der Waals surface area (Å²) in [7, 11) is 1.67. The van der Waals surface area contributed by atoms with Gasteiger partial charge in [-0.2, -0.15) is 5.10 Å². The highest BCUT2D eigenvalue weighted by atomic mass is 35.5. The summed E-state index contributed by atoms with van der Waals surface area (Å²) in [6.07, 6.45) is 3.05. The van der Waals surface area contributed by atoms with E-state index < -0.39 is 16.9 Å². The molecule has 1 heterocycles. The van der Waals surface area contributed by atoms with Crippen LogP contribution in [0.25, 0.3) is 5.69 Å². The highest BCUT2D eigenvalue weighted by molar-refractivity contribution is 6.32. The number of hydrogen-bond acceptors (Lipinski definition) is 6. The van der Waals surface area contributed by atoms with Gasteiger partial charge in [-0.05, 0) is 42.7 Å². The Hall–Kier alpha value is -3.79. The van der Waals surface area contributed by atoms with Crippen LogP contribution in [0.3, 0.4) is 0 Å². The molecule has 0 saturated heterocycles. The molecule has 1 unspecified atom stereocenters. The Morgan fingerprint density at radius 3 is 2.38 bits per heavy atom. The predicted molar refractivity (Wildman–Crippen MR) is 127 cm³/mol. The van der Waals surface area contributed by atoms with Crippen LogP contribution in [0, 0.1) is 16.0 Å². The zero-order valence-electron chi connectivity index (χ0n) is 19.2. The van der Waals surface area contributed by atoms with E-state index in [1.807, 2.05) is 45.0 Å². The second-order valence-electron chi connectivity index (χ2n) is 8.18. The second kappa shape index (κ2) is 10.4. The topological polar surface area (TPSA) is 123 Å². The van der Waals surface area contributed by atoms with Crippen molar-refractivity contribution in [2.24, 2.45) is 5.92 Å². The molecule has 2 amide bonds. The summed E-state index contributed by atoms with van der Waals surface area (Å²) in [5.41, 5.74) is 1.42. The molecule has 0 aliphatic heterocycles. The highest BCUT2D eigenvalue weighted by Crippen LogP contribution is 2.26. The first-order valence-electron chi connectivity index (χ1n) is 10.6. The van der Waals surface area contributed by atoms with Gasteiger partial charge in [0, 0.05) is 18.7 Å². The van der Waals surface area contributed by atoms with E-state index in [0.717, 1.165) is 17.3 Å². The molecule has 178 valence electrons. The minimum atomic E-state index is -0.830. The molecular weight excluding hydrogens is 460 g/mol. The van der Waals surface area contributed by atoms with E-state index in [0.29, 0.717) is 0 Å². The summed E-state index contributed by atoms with van der Waals surface area (Å²) in [6, 6.07) is 10.2. The summed E-state index contributed by atoms with van der Waals surface area (Å²) in [5.74, 6) is -1.09. The standard InChI is InChI=1S/C23H25ClN6O4/c1-14(2)21(27-22(31)17-7-10-19(24)20(11-17)30(33)34)23(32)28(4)15(3)16-5-8-18(9-6-16)29-13-25-12-26-29/h5-15,21H,1-4H3,(H,27,31)/t15?,21-/m0/s1. The first-order valence-corrected chi connectivity index (χ1v) is 10.9. The van der Waals surface area contributed by atoms with E-state index >= 15 is 0 Å². The number of hydrogen-bond donors (Lipinski definition) is 1. The van der Waals surface area contributed by atoms with Crippen molar-refractivity contribution in [3.63, 3.8) is 0 Å². The van der Waals surface area contributed by atoms with Crippen molar-refractivity contribution in [3.05, 3.63) is 81.4 Å². The lowest BCUT2D eigenvalue weighted by Crippen LogP contribution is -2.50. The van der Waals surface area contributed by atoms with Crippen LogP contribution in [0.5, 0.6) is 0 Å². The molecule has 34 heavy (non-hydrogen) atoms. The van der Waals surface area contributed by atoms with Crippen molar-refractivity contribution in [3.8, 4) is 5.69 Å². The number of nitro groups is 1. The van der Waals surface area contributed by atoms with Gasteiger partial charge >= 0.3 is 0 Å². The maximum Gasteiger partial charge on any atom is 0.288 e. The monoisotopic (exact) mass is 484 g/mol. The number of carbonyl (C=O) groups excluding carboxylic acids is 2. The first-order chi connectivity index (χ1) is 16.1. The largest absolute Gasteiger partial charge is 0.340 e. The normalized spacial score (nSPS) is 12.8. The van der Waals surface area contributed by atoms with Crippen LogP contribution in [0.15, 0.2) is 55.1 Å². The van der Waals surface area contributed by atoms with E-state index in [1.165, 1.54) is 18.5 Å². The molecule has 0 aliphatic carbocycles. The molecule has 1 N–H and O–H groups in total. The summed E-state index contributed by atoms with van der Waals surface area (Å²) in [6.45, 7) is 5.53. The van der Waals surface area contributed by atoms with Gasteiger partial charge in [-0.25, -0.2) is 9.67 Å². The van der Waals surface area contributed by atoms with Crippen molar-refractivity contribution in [2.45, 2.75) is 32.9 Å². The fourth-order valence-corrected chi connectivity index (χ4v) is 3.60. The number of nitrogens with one attached hydrogen (secondary N) is 1. The molecule has 3 rings (SSSR count). The fourth-order valence-electron chi connectivity index (χ4n) is 3.41. The van der Waals surface area contributed by atoms with Crippen LogP contribution < -0.4 is 5.32 Å². The van der Waals surface area contributed by atoms with Gasteiger partial charge in [0.25, 0.3) is 11.6 Å². The van der Waals surface area contributed by atoms with Gasteiger partial charge in [0.15, 0.2) is 0 Å². The number of benzene rings is 2. The van der Waals surface area contributed by atoms with Crippen LogP contribution in [-0.4, -0.2) is 49.5 Å². The quantitative estimate of drug-likeness (QED) is 0.383. The maximum atomic E-state index is 13.3. The first kappa shape index (κ1) is 24.8. The van der Waals surface area contributed by atoms with Gasteiger partial charge in [-0.3, -0.25) is 19.7 Å². The number of amides is 2. The van der Waals surface area contributed by atoms with Gasteiger partial charge in [-0.1, -0.05) is 37.6 Å². The molecular formula is C23H25ClN6O4. The number of aromatic nitrogens is 3. The third-order valence-electron chi connectivity index (χ3n) is 5.61. The number of nitro benzene ring substituents is 1. The number of likely N-dealkylation sites (N-methyl/N-ethyl adjacent to an activating group) is 1. The average molecular weight is 485 g/mol. The smallest absolute Gasteiger partial charge is 0.288 e. The van der Waals surface area contributed by atoms with E-state index in [4.69, 9.17) is 11.6 Å². The van der Waals surface area contributed by atoms with E-state index in [-0.39, 0.29) is 34.1 Å². The van der Waals surface area contributed by atoms with Crippen LogP contribution >= 0.6 is 11.6 Å². The Morgan fingerprint density at radius 1 is 1.15 bits per heavy atom. The maximum absolute atomic E-state index is 13.3. The minimum absolute atomic E-state index is 0.0500. The summed E-state index contributed by atoms with van der Waals surface area (Å²) in [5, 5.41) is 17.9. The van der Waals surface area contributed by atoms with Crippen LogP contribution in [0.2, 0.25) is 5.02 Å². The van der Waals surface area contributed by atoms with Gasteiger partial charge < -0.3 is 10.2 Å². The fraction of sp³-hybridized carbons (Fsp3) is 0.304. The van der Waals surface area contributed by atoms with Gasteiger partial charge in [-0.15, -0.1) is 0 Å². The molecule has 3 aromatic rings. The van der Waals surface area contributed by atoms with Gasteiger partial charge in [0.05, 0.1) is 16.7 Å². The number of halogens is 1. The van der Waals surface area contributed by atoms with E-state index in [2.05, 4.69) is 15.4 Å². The lowest BCUT2D eigenvalue weighted by Gasteiger charge is -2.31. The summed E-state index contributed by atoms with van der Waals surface area (Å²) in [4.78, 5) is 42.1. The molecule has 0 aliphatic rings. The summed E-state index contributed by atoms with van der Waals surface area (Å²) >= 11 is 5.83. The number of rotatable bonds is 8. The predicted octanol–water partition coefficient (Wildman–Crippen LogP) is 3.80. The zero-order chi connectivity index (χ0) is 25.0. The van der Waals surface area contributed by atoms with Crippen molar-refractivity contribution in [1.29, 1.82) is 0 Å². The molecule has 10 nitrogen and oxygen atoms in total. The average Bonchev–Trinajstić information content (AvgIpc) is 3.36. The van der Waals surface area contributed by atoms with Crippen molar-refractivity contribution >= 4 is 29.1 Å². The third-order valence-corrected chi connectivity index (χ3v) is 5.93. The Labute approximate surface area is 201 Å². The minimum Gasteiger partial charge on any atom is -0.340 e. The van der Waals surface area contributed by atoms with Crippen molar-refractivity contribution in [1.82, 2.24) is 25.0 Å². The van der Waals surface area contributed by atoms with Gasteiger partial charge in [0.1, 0.15) is 23.7 Å². The zero-order valence-corrected chi connectivity index (χ0v) is 19.9. The van der Waals surface area contributed by atoms with E-state index in [1.54, 1.807) is 23.0 Å². The molecule has 11 heteroatoms. The van der Waals surface area contributed by atoms with Crippen LogP contribution in [0.4, 0.5) is 5.69 Å². The lowest BCUT2D eigenvalue weighted by molar-refractivity contribution is -0.384. The van der Waals surface area contributed by atoms with Crippen LogP contribution in [-0.2, 0) is 4.79 Å². The molecule has 0 spiro atoms. The Balaban J connectivity index is 1.75. The highest BCUT2D eigenvalue weighted by Gasteiger charge is 2.30. The Kier molecular flexibility index (Phi) is 7.62. The van der Waals surface area contributed by atoms with Crippen molar-refractivity contribution in [2.75, 3.05) is 7.05 Å². The van der Waals surface area contributed by atoms with Gasteiger partial charge in [0.2, 0.25) is 5.91 Å². The second-order valence-corrected chi connectivity index (χ2v) is 8.58. The lowest BCUT2D eigenvalue weighted by atomic mass is 10.00. The summed E-state index contributed by atoms with van der Waals surface area (Å²) < 4.78 is 1.63. The molecule has 0 radical (unpaired) electrons. The van der Waals surface area contributed by atoms with Crippen molar-refractivity contribution < 1.29 is 14.5 Å². The number of nitrogens with zero attached hydrogens (tertiary/aromatic N) is 5. The Bertz CT molecular complexity index is 1180. The number of carbonyl (C=O) groups is 2. The van der Waals surface area contributed by atoms with Crippen LogP contribution in [0.1, 0.15) is 42.7 Å². The molecule has 2 atom stereocenters. The molecule has 0 saturated carbocycles. The molecule has 2 aromatic carbocycles. The molecule has 1 aromatic heterocycles. The Morgan fingerprint density at radius 2 is 1.82 bits per heavy atom. The van der Waals surface area contributed by atoms with E-state index in [9.17, 15) is 19.7 Å². The molecule has 0 bridgehead atoms. The molecule has 0 fully saturated rings. The SMILES string of the molecule is CC(C)[C@H](NC(=O)c1ccc(Cl)c([N+](=O)[O-])c1)C(=O)N(C)C(C)c1ccc(-n2cncn2)cc1.